The van der Waals surface area contributed by atoms with Crippen LogP contribution >= 0.6 is 22.6 Å². The number of pyridine rings is 1. The summed E-state index contributed by atoms with van der Waals surface area (Å²) in [6.07, 6.45) is -3.82. The lowest BCUT2D eigenvalue weighted by atomic mass is 10.1. The summed E-state index contributed by atoms with van der Waals surface area (Å²) < 4.78 is 40.7. The number of halogens is 4. The Balaban J connectivity index is 3.29. The number of nitrogens with zero attached hydrogens (tertiary/aromatic N) is 2. The van der Waals surface area contributed by atoms with Gasteiger partial charge >= 0.3 is 6.36 Å². The van der Waals surface area contributed by atoms with E-state index >= 15 is 0 Å². The molecule has 17 heavy (non-hydrogen) atoms. The van der Waals surface area contributed by atoms with Crippen LogP contribution in [0.25, 0.3) is 0 Å². The Morgan fingerprint density at radius 3 is 2.65 bits per heavy atom. The fourth-order valence-corrected chi connectivity index (χ4v) is 1.78. The Morgan fingerprint density at radius 1 is 1.53 bits per heavy atom. The fourth-order valence-electron chi connectivity index (χ4n) is 1.21. The summed E-state index contributed by atoms with van der Waals surface area (Å²) in [5.41, 5.74) is 5.66. The molecule has 4 nitrogen and oxygen atoms in total. The SMILES string of the molecule is N#CCc1c(CN)ncc(I)c1OC(F)(F)F. The Bertz CT molecular complexity index is 456. The minimum absolute atomic E-state index is 0.0534. The Kier molecular flexibility index (Phi) is 4.53. The van der Waals surface area contributed by atoms with E-state index in [1.165, 1.54) is 6.20 Å². The summed E-state index contributed by atoms with van der Waals surface area (Å²) >= 11 is 1.66. The van der Waals surface area contributed by atoms with Crippen LogP contribution < -0.4 is 10.5 Å². The first-order valence-corrected chi connectivity index (χ1v) is 5.46. The minimum Gasteiger partial charge on any atom is -0.404 e. The molecule has 92 valence electrons. The molecule has 0 unspecified atom stereocenters. The quantitative estimate of drug-likeness (QED) is 0.842. The van der Waals surface area contributed by atoms with Crippen LogP contribution in [0.1, 0.15) is 11.3 Å². The summed E-state index contributed by atoms with van der Waals surface area (Å²) in [4.78, 5) is 3.88. The van der Waals surface area contributed by atoms with Crippen LogP contribution in [0.4, 0.5) is 13.2 Å². The summed E-state index contributed by atoms with van der Waals surface area (Å²) in [6, 6.07) is 1.77. The molecule has 0 amide bonds. The maximum atomic E-state index is 12.2. The van der Waals surface area contributed by atoms with Crippen LogP contribution in [0.5, 0.6) is 5.75 Å². The molecule has 0 atom stereocenters. The molecule has 1 rings (SSSR count). The molecule has 0 saturated carbocycles. The largest absolute Gasteiger partial charge is 0.573 e. The van der Waals surface area contributed by atoms with Gasteiger partial charge in [0.1, 0.15) is 5.75 Å². The van der Waals surface area contributed by atoms with E-state index < -0.39 is 12.1 Å². The maximum Gasteiger partial charge on any atom is 0.573 e. The third-order valence-electron chi connectivity index (χ3n) is 1.84. The van der Waals surface area contributed by atoms with Crippen molar-refractivity contribution < 1.29 is 17.9 Å². The molecule has 0 aromatic carbocycles. The van der Waals surface area contributed by atoms with Gasteiger partial charge in [-0.15, -0.1) is 13.2 Å². The molecular formula is C9H7F3IN3O. The molecule has 0 aliphatic heterocycles. The van der Waals surface area contributed by atoms with E-state index in [9.17, 15) is 13.2 Å². The topological polar surface area (TPSA) is 71.9 Å². The molecule has 0 aliphatic carbocycles. The van der Waals surface area contributed by atoms with E-state index in [0.717, 1.165) is 0 Å². The van der Waals surface area contributed by atoms with Crippen molar-refractivity contribution in [2.45, 2.75) is 19.3 Å². The molecule has 0 fully saturated rings. The maximum absolute atomic E-state index is 12.2. The van der Waals surface area contributed by atoms with Crippen LogP contribution in [0.2, 0.25) is 0 Å². The number of rotatable bonds is 3. The predicted molar refractivity (Wildman–Crippen MR) is 60.8 cm³/mol. The second-order valence-electron chi connectivity index (χ2n) is 2.95. The zero-order chi connectivity index (χ0) is 13.1. The molecular weight excluding hydrogens is 350 g/mol. The third-order valence-corrected chi connectivity index (χ3v) is 2.61. The van der Waals surface area contributed by atoms with Gasteiger partial charge in [-0.05, 0) is 22.6 Å². The van der Waals surface area contributed by atoms with E-state index in [1.807, 2.05) is 0 Å². The first-order chi connectivity index (χ1) is 7.89. The van der Waals surface area contributed by atoms with Crippen molar-refractivity contribution in [2.24, 2.45) is 5.73 Å². The molecule has 0 radical (unpaired) electrons. The number of ether oxygens (including phenoxy) is 1. The van der Waals surface area contributed by atoms with Crippen molar-refractivity contribution in [3.63, 3.8) is 0 Å². The Morgan fingerprint density at radius 2 is 2.18 bits per heavy atom. The van der Waals surface area contributed by atoms with E-state index in [1.54, 1.807) is 28.7 Å². The monoisotopic (exact) mass is 357 g/mol. The average Bonchev–Trinajstić information content (AvgIpc) is 2.22. The van der Waals surface area contributed by atoms with Gasteiger partial charge < -0.3 is 10.5 Å². The number of nitrogens with two attached hydrogens (primary N) is 1. The van der Waals surface area contributed by atoms with Gasteiger partial charge in [-0.3, -0.25) is 4.98 Å². The highest BCUT2D eigenvalue weighted by atomic mass is 127. The highest BCUT2D eigenvalue weighted by Gasteiger charge is 2.33. The molecule has 8 heteroatoms. The zero-order valence-corrected chi connectivity index (χ0v) is 10.5. The van der Waals surface area contributed by atoms with Crippen LogP contribution in [-0.4, -0.2) is 11.3 Å². The number of hydrogen-bond donors (Lipinski definition) is 1. The molecule has 2 N–H and O–H groups in total. The van der Waals surface area contributed by atoms with Gasteiger partial charge in [0.2, 0.25) is 0 Å². The van der Waals surface area contributed by atoms with Crippen LogP contribution in [0.15, 0.2) is 6.20 Å². The van der Waals surface area contributed by atoms with E-state index in [0.29, 0.717) is 0 Å². The Labute approximate surface area is 109 Å². The van der Waals surface area contributed by atoms with Crippen molar-refractivity contribution in [1.29, 1.82) is 5.26 Å². The summed E-state index contributed by atoms with van der Waals surface area (Å²) in [6.45, 7) is -0.0534. The van der Waals surface area contributed by atoms with Crippen molar-refractivity contribution in [2.75, 3.05) is 0 Å². The molecule has 0 spiro atoms. The van der Waals surface area contributed by atoms with Gasteiger partial charge in [0.15, 0.2) is 0 Å². The number of alkyl halides is 3. The second-order valence-corrected chi connectivity index (χ2v) is 4.11. The van der Waals surface area contributed by atoms with Gasteiger partial charge in [-0.1, -0.05) is 0 Å². The lowest BCUT2D eigenvalue weighted by Crippen LogP contribution is -2.20. The van der Waals surface area contributed by atoms with Gasteiger partial charge in [-0.2, -0.15) is 5.26 Å². The molecule has 1 aromatic rings. The molecule has 1 aromatic heterocycles. The third kappa shape index (κ3) is 3.71. The number of nitriles is 1. The first-order valence-electron chi connectivity index (χ1n) is 4.38. The normalized spacial score (nSPS) is 11.1. The van der Waals surface area contributed by atoms with Gasteiger partial charge in [0.05, 0.1) is 21.8 Å². The minimum atomic E-state index is -4.81. The van der Waals surface area contributed by atoms with E-state index in [2.05, 4.69) is 9.72 Å². The summed E-state index contributed by atoms with van der Waals surface area (Å²) in [7, 11) is 0. The van der Waals surface area contributed by atoms with Crippen LogP contribution in [0.3, 0.4) is 0 Å². The van der Waals surface area contributed by atoms with Gasteiger partial charge in [0.25, 0.3) is 0 Å². The second kappa shape index (κ2) is 5.50. The standard InChI is InChI=1S/C9H7F3IN3O/c10-9(11,12)17-8-5(1-2-14)7(3-15)16-4-6(8)13/h4H,1,3,15H2. The summed E-state index contributed by atoms with van der Waals surface area (Å²) in [5.74, 6) is -0.393. The zero-order valence-electron chi connectivity index (χ0n) is 8.38. The molecule has 0 bridgehead atoms. The van der Waals surface area contributed by atoms with E-state index in [4.69, 9.17) is 11.0 Å². The van der Waals surface area contributed by atoms with Crippen molar-refractivity contribution in [1.82, 2.24) is 4.98 Å². The smallest absolute Gasteiger partial charge is 0.404 e. The van der Waals surface area contributed by atoms with Crippen molar-refractivity contribution in [3.05, 3.63) is 21.0 Å². The van der Waals surface area contributed by atoms with Crippen LogP contribution in [0, 0.1) is 14.9 Å². The van der Waals surface area contributed by atoms with E-state index in [-0.39, 0.29) is 27.8 Å². The van der Waals surface area contributed by atoms with Crippen LogP contribution in [-0.2, 0) is 13.0 Å². The predicted octanol–water partition coefficient (Wildman–Crippen LogP) is 2.11. The number of hydrogen-bond acceptors (Lipinski definition) is 4. The summed E-state index contributed by atoms with van der Waals surface area (Å²) in [5, 5.41) is 8.60. The van der Waals surface area contributed by atoms with Crippen molar-refractivity contribution >= 4 is 22.6 Å². The highest BCUT2D eigenvalue weighted by molar-refractivity contribution is 14.1. The average molecular weight is 357 g/mol. The molecule has 0 aliphatic rings. The molecule has 0 saturated heterocycles. The first kappa shape index (κ1) is 14.0. The number of aromatic nitrogens is 1. The Hall–Kier alpha value is -1.08. The highest BCUT2D eigenvalue weighted by Crippen LogP contribution is 2.32. The fraction of sp³-hybridized carbons (Fsp3) is 0.333. The van der Waals surface area contributed by atoms with Crippen molar-refractivity contribution in [3.8, 4) is 11.8 Å². The lowest BCUT2D eigenvalue weighted by molar-refractivity contribution is -0.275. The molecule has 1 heterocycles. The lowest BCUT2D eigenvalue weighted by Gasteiger charge is -2.15. The van der Waals surface area contributed by atoms with Gasteiger partial charge in [0, 0.05) is 18.3 Å². The van der Waals surface area contributed by atoms with Gasteiger partial charge in [-0.25, -0.2) is 0 Å².